The van der Waals surface area contributed by atoms with Gasteiger partial charge in [-0.15, -0.1) is 5.10 Å². The standard InChI is InChI=1S/C15H20N4O2/c1-3-4-10-18(2)14(20)9-11-19-15(21)12-7-5-6-8-13(12)16-17-19/h5-8H,3-4,9-11H2,1-2H3. The fraction of sp³-hybridized carbons (Fsp3) is 0.467. The Balaban J connectivity index is 2.05. The minimum atomic E-state index is -0.204. The lowest BCUT2D eigenvalue weighted by molar-refractivity contribution is -0.130. The molecule has 0 N–H and O–H groups in total. The smallest absolute Gasteiger partial charge is 0.277 e. The number of hydrogen-bond acceptors (Lipinski definition) is 4. The number of unbranched alkanes of at least 4 members (excludes halogenated alkanes) is 1. The molecule has 0 radical (unpaired) electrons. The van der Waals surface area contributed by atoms with Crippen molar-refractivity contribution >= 4 is 16.8 Å². The number of aromatic nitrogens is 3. The van der Waals surface area contributed by atoms with Crippen LogP contribution in [-0.4, -0.2) is 39.4 Å². The van der Waals surface area contributed by atoms with E-state index in [1.54, 1.807) is 30.1 Å². The molecule has 1 heterocycles. The summed E-state index contributed by atoms with van der Waals surface area (Å²) in [5, 5.41) is 8.41. The molecule has 0 unspecified atom stereocenters. The first kappa shape index (κ1) is 15.2. The van der Waals surface area contributed by atoms with Gasteiger partial charge in [0.25, 0.3) is 5.56 Å². The van der Waals surface area contributed by atoms with Crippen LogP contribution in [0.15, 0.2) is 29.1 Å². The quantitative estimate of drug-likeness (QED) is 0.806. The third kappa shape index (κ3) is 3.65. The van der Waals surface area contributed by atoms with Gasteiger partial charge < -0.3 is 4.90 Å². The van der Waals surface area contributed by atoms with E-state index in [1.165, 1.54) is 4.68 Å². The predicted molar refractivity (Wildman–Crippen MR) is 81.0 cm³/mol. The number of fused-ring (bicyclic) bond motifs is 1. The van der Waals surface area contributed by atoms with Crippen LogP contribution in [0.3, 0.4) is 0 Å². The maximum absolute atomic E-state index is 12.2. The van der Waals surface area contributed by atoms with Gasteiger partial charge in [0.05, 0.1) is 11.9 Å². The monoisotopic (exact) mass is 288 g/mol. The molecule has 0 atom stereocenters. The molecule has 6 nitrogen and oxygen atoms in total. The van der Waals surface area contributed by atoms with E-state index < -0.39 is 0 Å². The Labute approximate surface area is 123 Å². The molecular formula is C15H20N4O2. The number of hydrogen-bond donors (Lipinski definition) is 0. The topological polar surface area (TPSA) is 68.1 Å². The lowest BCUT2D eigenvalue weighted by Gasteiger charge is -2.16. The summed E-state index contributed by atoms with van der Waals surface area (Å²) in [7, 11) is 1.78. The van der Waals surface area contributed by atoms with E-state index >= 15 is 0 Å². The fourth-order valence-electron chi connectivity index (χ4n) is 2.08. The first-order valence-corrected chi connectivity index (χ1v) is 7.20. The van der Waals surface area contributed by atoms with Gasteiger partial charge in [-0.2, -0.15) is 0 Å². The second kappa shape index (κ2) is 6.97. The average Bonchev–Trinajstić information content (AvgIpc) is 2.52. The fourth-order valence-corrected chi connectivity index (χ4v) is 2.08. The summed E-state index contributed by atoms with van der Waals surface area (Å²) in [4.78, 5) is 25.9. The molecule has 0 aliphatic carbocycles. The van der Waals surface area contributed by atoms with Crippen LogP contribution < -0.4 is 5.56 Å². The first-order chi connectivity index (χ1) is 10.1. The molecule has 0 aliphatic rings. The Morgan fingerprint density at radius 2 is 2.10 bits per heavy atom. The highest BCUT2D eigenvalue weighted by atomic mass is 16.2. The highest BCUT2D eigenvalue weighted by Gasteiger charge is 2.10. The maximum atomic E-state index is 12.2. The van der Waals surface area contributed by atoms with E-state index in [0.29, 0.717) is 10.9 Å². The largest absolute Gasteiger partial charge is 0.346 e. The molecule has 0 spiro atoms. The zero-order valence-electron chi connectivity index (χ0n) is 12.5. The molecular weight excluding hydrogens is 268 g/mol. The van der Waals surface area contributed by atoms with E-state index in [-0.39, 0.29) is 24.4 Å². The second-order valence-corrected chi connectivity index (χ2v) is 5.05. The summed E-state index contributed by atoms with van der Waals surface area (Å²) >= 11 is 0. The molecule has 0 saturated heterocycles. The van der Waals surface area contributed by atoms with Gasteiger partial charge in [0.2, 0.25) is 5.91 Å². The number of benzene rings is 1. The molecule has 0 aliphatic heterocycles. The molecule has 1 aromatic heterocycles. The van der Waals surface area contributed by atoms with Crippen LogP contribution in [-0.2, 0) is 11.3 Å². The predicted octanol–water partition coefficient (Wildman–Crippen LogP) is 1.44. The SMILES string of the molecule is CCCCN(C)C(=O)CCn1nnc2ccccc2c1=O. The van der Waals surface area contributed by atoms with Gasteiger partial charge in [-0.3, -0.25) is 9.59 Å². The average molecular weight is 288 g/mol. The molecule has 0 bridgehead atoms. The number of rotatable bonds is 6. The number of nitrogens with zero attached hydrogens (tertiary/aromatic N) is 4. The van der Waals surface area contributed by atoms with E-state index in [4.69, 9.17) is 0 Å². The molecule has 112 valence electrons. The third-order valence-electron chi connectivity index (χ3n) is 3.44. The summed E-state index contributed by atoms with van der Waals surface area (Å²) < 4.78 is 1.26. The van der Waals surface area contributed by atoms with E-state index in [9.17, 15) is 9.59 Å². The highest BCUT2D eigenvalue weighted by Crippen LogP contribution is 2.04. The lowest BCUT2D eigenvalue weighted by Crippen LogP contribution is -2.31. The van der Waals surface area contributed by atoms with Crippen LogP contribution in [0.4, 0.5) is 0 Å². The number of amides is 1. The summed E-state index contributed by atoms with van der Waals surface area (Å²) in [6.45, 7) is 3.09. The molecule has 0 fully saturated rings. The van der Waals surface area contributed by atoms with Crippen LogP contribution in [0.25, 0.3) is 10.9 Å². The summed E-state index contributed by atoms with van der Waals surface area (Å²) in [6, 6.07) is 7.07. The minimum Gasteiger partial charge on any atom is -0.346 e. The molecule has 6 heteroatoms. The molecule has 2 rings (SSSR count). The Bertz CT molecular complexity index is 681. The molecule has 21 heavy (non-hydrogen) atoms. The van der Waals surface area contributed by atoms with Crippen molar-refractivity contribution in [2.45, 2.75) is 32.7 Å². The third-order valence-corrected chi connectivity index (χ3v) is 3.44. The van der Waals surface area contributed by atoms with Crippen molar-refractivity contribution in [1.29, 1.82) is 0 Å². The minimum absolute atomic E-state index is 0.0188. The van der Waals surface area contributed by atoms with Crippen LogP contribution in [0, 0.1) is 0 Å². The van der Waals surface area contributed by atoms with Crippen molar-refractivity contribution in [2.24, 2.45) is 0 Å². The Kier molecular flexibility index (Phi) is 5.03. The zero-order chi connectivity index (χ0) is 15.2. The van der Waals surface area contributed by atoms with Gasteiger partial charge in [-0.1, -0.05) is 30.7 Å². The van der Waals surface area contributed by atoms with Crippen molar-refractivity contribution in [2.75, 3.05) is 13.6 Å². The van der Waals surface area contributed by atoms with Gasteiger partial charge in [0.1, 0.15) is 5.52 Å². The zero-order valence-corrected chi connectivity index (χ0v) is 12.5. The van der Waals surface area contributed by atoms with Crippen LogP contribution >= 0.6 is 0 Å². The van der Waals surface area contributed by atoms with Crippen LogP contribution in [0.1, 0.15) is 26.2 Å². The van der Waals surface area contributed by atoms with Gasteiger partial charge >= 0.3 is 0 Å². The van der Waals surface area contributed by atoms with E-state index in [1.807, 2.05) is 6.07 Å². The van der Waals surface area contributed by atoms with Gasteiger partial charge in [-0.05, 0) is 18.6 Å². The van der Waals surface area contributed by atoms with Gasteiger partial charge in [0, 0.05) is 20.0 Å². The van der Waals surface area contributed by atoms with Crippen LogP contribution in [0.5, 0.6) is 0 Å². The summed E-state index contributed by atoms with van der Waals surface area (Å²) in [5.74, 6) is 0.0188. The summed E-state index contributed by atoms with van der Waals surface area (Å²) in [5.41, 5.74) is 0.370. The highest BCUT2D eigenvalue weighted by molar-refractivity contribution is 5.77. The summed E-state index contributed by atoms with van der Waals surface area (Å²) in [6.07, 6.45) is 2.29. The van der Waals surface area contributed by atoms with Crippen molar-refractivity contribution < 1.29 is 4.79 Å². The number of carbonyl (C=O) groups is 1. The van der Waals surface area contributed by atoms with Gasteiger partial charge in [0.15, 0.2) is 0 Å². The Hall–Kier alpha value is -2.24. The van der Waals surface area contributed by atoms with E-state index in [2.05, 4.69) is 17.2 Å². The van der Waals surface area contributed by atoms with Crippen molar-refractivity contribution in [3.05, 3.63) is 34.6 Å². The normalized spacial score (nSPS) is 10.8. The van der Waals surface area contributed by atoms with Crippen molar-refractivity contribution in [1.82, 2.24) is 19.9 Å². The Morgan fingerprint density at radius 1 is 1.33 bits per heavy atom. The van der Waals surface area contributed by atoms with Crippen molar-refractivity contribution in [3.8, 4) is 0 Å². The van der Waals surface area contributed by atoms with E-state index in [0.717, 1.165) is 19.4 Å². The molecule has 0 saturated carbocycles. The molecule has 1 aromatic carbocycles. The molecule has 1 amide bonds. The Morgan fingerprint density at radius 3 is 2.86 bits per heavy atom. The lowest BCUT2D eigenvalue weighted by atomic mass is 10.2. The maximum Gasteiger partial charge on any atom is 0.277 e. The van der Waals surface area contributed by atoms with Crippen molar-refractivity contribution in [3.63, 3.8) is 0 Å². The van der Waals surface area contributed by atoms with Crippen LogP contribution in [0.2, 0.25) is 0 Å². The molecule has 2 aromatic rings. The second-order valence-electron chi connectivity index (χ2n) is 5.05. The number of carbonyl (C=O) groups excluding carboxylic acids is 1. The number of aryl methyl sites for hydroxylation is 1. The van der Waals surface area contributed by atoms with Gasteiger partial charge in [-0.25, -0.2) is 4.68 Å². The first-order valence-electron chi connectivity index (χ1n) is 7.20.